The Hall–Kier alpha value is -1.66. The predicted molar refractivity (Wildman–Crippen MR) is 80.4 cm³/mol. The Morgan fingerprint density at radius 3 is 2.25 bits per heavy atom. The van der Waals surface area contributed by atoms with E-state index in [9.17, 15) is 25.8 Å². The van der Waals surface area contributed by atoms with Gasteiger partial charge in [0.2, 0.25) is 5.44 Å². The maximum Gasteiger partial charge on any atom is 0.437 e. The highest BCUT2D eigenvalue weighted by Crippen LogP contribution is 2.25. The molecule has 12 heteroatoms. The molecule has 0 radical (unpaired) electrons. The molecule has 7 nitrogen and oxygen atoms in total. The minimum atomic E-state index is -4.89. The zero-order chi connectivity index (χ0) is 18.5. The molecule has 0 fully saturated rings. The van der Waals surface area contributed by atoms with Crippen LogP contribution in [0.5, 0.6) is 5.75 Å². The van der Waals surface area contributed by atoms with Crippen molar-refractivity contribution in [1.29, 1.82) is 0 Å². The van der Waals surface area contributed by atoms with Crippen LogP contribution in [0.15, 0.2) is 29.4 Å². The Morgan fingerprint density at radius 2 is 1.88 bits per heavy atom. The predicted octanol–water partition coefficient (Wildman–Crippen LogP) is 2.27. The molecule has 0 aliphatic heterocycles. The van der Waals surface area contributed by atoms with Gasteiger partial charge in [0, 0.05) is 5.56 Å². The summed E-state index contributed by atoms with van der Waals surface area (Å²) in [5.74, 6) is -0.174. The fourth-order valence-electron chi connectivity index (χ4n) is 1.48. The molecule has 136 valence electrons. The summed E-state index contributed by atoms with van der Waals surface area (Å²) in [6.07, 6.45) is -4.13. The first-order valence-electron chi connectivity index (χ1n) is 6.34. The van der Waals surface area contributed by atoms with Crippen LogP contribution >= 0.6 is 0 Å². The third-order valence-corrected chi connectivity index (χ3v) is 3.83. The number of hydrogen-bond donors (Lipinski definition) is 1. The van der Waals surface area contributed by atoms with E-state index < -0.39 is 44.1 Å². The summed E-state index contributed by atoms with van der Waals surface area (Å²) in [7, 11) is -3.81. The molecular weight excluding hydrogens is 375 g/mol. The van der Waals surface area contributed by atoms with Crippen molar-refractivity contribution >= 4 is 26.9 Å². The topological polar surface area (TPSA) is 102 Å². The van der Waals surface area contributed by atoms with Gasteiger partial charge in [0.15, 0.2) is 16.8 Å². The van der Waals surface area contributed by atoms with E-state index in [0.29, 0.717) is 0 Å². The molecular formula is C12H14F3NO6S2. The first-order chi connectivity index (χ1) is 10.9. The van der Waals surface area contributed by atoms with E-state index in [1.54, 1.807) is 0 Å². The molecule has 0 amide bonds. The van der Waals surface area contributed by atoms with Crippen LogP contribution in [0.25, 0.3) is 0 Å². The fraction of sp³-hybridized carbons (Fsp3) is 0.417. The minimum Gasteiger partial charge on any atom is -0.383 e. The molecule has 0 aromatic heterocycles. The van der Waals surface area contributed by atoms with Crippen molar-refractivity contribution in [2.24, 2.45) is 5.16 Å². The molecule has 2 atom stereocenters. The Balaban J connectivity index is 3.11. The average Bonchev–Trinajstić information content (AvgIpc) is 2.41. The van der Waals surface area contributed by atoms with Crippen LogP contribution in [0.3, 0.4) is 0 Å². The van der Waals surface area contributed by atoms with Crippen LogP contribution in [-0.4, -0.2) is 40.8 Å². The van der Waals surface area contributed by atoms with Crippen molar-refractivity contribution < 1.29 is 39.4 Å². The Bertz CT molecular complexity index is 715. The van der Waals surface area contributed by atoms with Crippen LogP contribution < -0.4 is 4.18 Å². The maximum atomic E-state index is 13.1. The van der Waals surface area contributed by atoms with Crippen LogP contribution in [0.2, 0.25) is 0 Å². The van der Waals surface area contributed by atoms with Gasteiger partial charge in [-0.05, 0) is 30.7 Å². The molecule has 0 saturated carbocycles. The van der Waals surface area contributed by atoms with Gasteiger partial charge in [-0.1, -0.05) is 12.1 Å². The first-order valence-corrected chi connectivity index (χ1v) is 9.33. The first kappa shape index (κ1) is 20.4. The summed E-state index contributed by atoms with van der Waals surface area (Å²) in [5.41, 5.74) is -3.27. The van der Waals surface area contributed by atoms with Gasteiger partial charge >= 0.3 is 16.3 Å². The SMILES string of the molecule is CCC(ON=C(c1ccc(OS(C)(=O)=O)cc1)C(F)(F)F)S(=O)O. The van der Waals surface area contributed by atoms with Gasteiger partial charge in [-0.25, -0.2) is 4.21 Å². The van der Waals surface area contributed by atoms with E-state index >= 15 is 0 Å². The summed E-state index contributed by atoms with van der Waals surface area (Å²) in [5, 5.41) is 2.94. The van der Waals surface area contributed by atoms with Crippen molar-refractivity contribution in [2.75, 3.05) is 6.26 Å². The lowest BCUT2D eigenvalue weighted by atomic mass is 10.1. The molecule has 1 aromatic rings. The highest BCUT2D eigenvalue weighted by Gasteiger charge is 2.38. The summed E-state index contributed by atoms with van der Waals surface area (Å²) < 4.78 is 85.3. The molecule has 1 aromatic carbocycles. The van der Waals surface area contributed by atoms with Gasteiger partial charge in [0.25, 0.3) is 0 Å². The van der Waals surface area contributed by atoms with E-state index in [-0.39, 0.29) is 12.2 Å². The quantitative estimate of drug-likeness (QED) is 0.332. The smallest absolute Gasteiger partial charge is 0.383 e. The Labute approximate surface area is 138 Å². The second-order valence-electron chi connectivity index (χ2n) is 4.47. The number of rotatable bonds is 7. The second-order valence-corrected chi connectivity index (χ2v) is 7.12. The molecule has 0 aliphatic rings. The summed E-state index contributed by atoms with van der Waals surface area (Å²) in [6.45, 7) is 1.44. The normalized spacial score (nSPS) is 15.7. The zero-order valence-corrected chi connectivity index (χ0v) is 14.1. The van der Waals surface area contributed by atoms with Gasteiger partial charge in [-0.3, -0.25) is 0 Å². The standard InChI is InChI=1S/C12H14F3NO6S2/c1-3-10(23(17)18)21-16-11(12(13,14)15)8-4-6-9(7-5-8)22-24(2,19)20/h4-7,10H,3H2,1-2H3,(H,17,18). The van der Waals surface area contributed by atoms with Crippen molar-refractivity contribution in [1.82, 2.24) is 0 Å². The van der Waals surface area contributed by atoms with E-state index in [1.807, 2.05) is 0 Å². The lowest BCUT2D eigenvalue weighted by Crippen LogP contribution is -2.26. The van der Waals surface area contributed by atoms with Gasteiger partial charge in [0.05, 0.1) is 6.26 Å². The monoisotopic (exact) mass is 389 g/mol. The summed E-state index contributed by atoms with van der Waals surface area (Å²) in [4.78, 5) is 4.50. The van der Waals surface area contributed by atoms with E-state index in [1.165, 1.54) is 6.92 Å². The van der Waals surface area contributed by atoms with Crippen molar-refractivity contribution in [3.05, 3.63) is 29.8 Å². The fourth-order valence-corrected chi connectivity index (χ4v) is 2.34. The molecule has 0 saturated heterocycles. The number of halogens is 3. The highest BCUT2D eigenvalue weighted by molar-refractivity contribution is 7.86. The van der Waals surface area contributed by atoms with Crippen LogP contribution in [-0.2, 0) is 26.0 Å². The molecule has 1 N–H and O–H groups in total. The summed E-state index contributed by atoms with van der Waals surface area (Å²) in [6, 6.07) is 3.90. The van der Waals surface area contributed by atoms with Gasteiger partial charge in [0.1, 0.15) is 5.75 Å². The van der Waals surface area contributed by atoms with E-state index in [4.69, 9.17) is 4.55 Å². The number of oxime groups is 1. The van der Waals surface area contributed by atoms with E-state index in [0.717, 1.165) is 30.5 Å². The molecule has 24 heavy (non-hydrogen) atoms. The zero-order valence-electron chi connectivity index (χ0n) is 12.5. The largest absolute Gasteiger partial charge is 0.437 e. The van der Waals surface area contributed by atoms with Gasteiger partial charge in [-0.15, -0.1) is 0 Å². The molecule has 0 heterocycles. The number of alkyl halides is 3. The van der Waals surface area contributed by atoms with Gasteiger partial charge < -0.3 is 13.6 Å². The van der Waals surface area contributed by atoms with Gasteiger partial charge in [-0.2, -0.15) is 21.6 Å². The lowest BCUT2D eigenvalue weighted by Gasteiger charge is -2.13. The third-order valence-electron chi connectivity index (χ3n) is 2.46. The van der Waals surface area contributed by atoms with Crippen LogP contribution in [0.1, 0.15) is 18.9 Å². The van der Waals surface area contributed by atoms with Crippen molar-refractivity contribution in [3.8, 4) is 5.75 Å². The molecule has 0 aliphatic carbocycles. The highest BCUT2D eigenvalue weighted by atomic mass is 32.2. The lowest BCUT2D eigenvalue weighted by molar-refractivity contribution is -0.0620. The molecule has 2 unspecified atom stereocenters. The minimum absolute atomic E-state index is 0.0289. The van der Waals surface area contributed by atoms with Crippen molar-refractivity contribution in [3.63, 3.8) is 0 Å². The third kappa shape index (κ3) is 6.45. The molecule has 1 rings (SSSR count). The Morgan fingerprint density at radius 1 is 1.33 bits per heavy atom. The van der Waals surface area contributed by atoms with E-state index in [2.05, 4.69) is 14.2 Å². The number of benzene rings is 1. The molecule has 0 bridgehead atoms. The Kier molecular flexibility index (Phi) is 6.75. The second kappa shape index (κ2) is 7.94. The molecule has 0 spiro atoms. The number of hydrogen-bond acceptors (Lipinski definition) is 6. The summed E-state index contributed by atoms with van der Waals surface area (Å²) >= 11 is -2.50. The van der Waals surface area contributed by atoms with Crippen LogP contribution in [0, 0.1) is 0 Å². The van der Waals surface area contributed by atoms with Crippen molar-refractivity contribution in [2.45, 2.75) is 25.0 Å². The maximum absolute atomic E-state index is 13.1. The van der Waals surface area contributed by atoms with Crippen LogP contribution in [0.4, 0.5) is 13.2 Å². The average molecular weight is 389 g/mol. The number of nitrogens with zero attached hydrogens (tertiary/aromatic N) is 1.